The van der Waals surface area contributed by atoms with Crippen LogP contribution in [0.3, 0.4) is 0 Å². The first-order valence-corrected chi connectivity index (χ1v) is 8.08. The van der Waals surface area contributed by atoms with Gasteiger partial charge in [-0.3, -0.25) is 20.4 Å². The standard InChI is InChI=1S/C18H20N4O2S/c1-11-5-8-14(9-6-11)19-16(23)17(24)21-22-18(25)20-15-10-12(2)4-7-13(15)3/h4-10H,1-3H3,(H,19,23)(H,21,24)(H2,20,22,25). The normalized spacial score (nSPS) is 9.88. The number of nitrogens with one attached hydrogen (secondary N) is 4. The van der Waals surface area contributed by atoms with Crippen LogP contribution in [-0.2, 0) is 9.59 Å². The molecular weight excluding hydrogens is 336 g/mol. The molecule has 0 aliphatic heterocycles. The lowest BCUT2D eigenvalue weighted by atomic mass is 10.1. The van der Waals surface area contributed by atoms with Crippen LogP contribution in [0.5, 0.6) is 0 Å². The average molecular weight is 356 g/mol. The van der Waals surface area contributed by atoms with Gasteiger partial charge in [0.2, 0.25) is 0 Å². The molecule has 0 aliphatic rings. The van der Waals surface area contributed by atoms with Gasteiger partial charge in [0.05, 0.1) is 0 Å². The first-order chi connectivity index (χ1) is 11.8. The number of hydrogen-bond donors (Lipinski definition) is 4. The summed E-state index contributed by atoms with van der Waals surface area (Å²) in [6.07, 6.45) is 0. The van der Waals surface area contributed by atoms with E-state index < -0.39 is 11.8 Å². The van der Waals surface area contributed by atoms with E-state index in [0.717, 1.165) is 22.4 Å². The summed E-state index contributed by atoms with van der Waals surface area (Å²) in [7, 11) is 0. The van der Waals surface area contributed by atoms with Gasteiger partial charge in [-0.1, -0.05) is 29.8 Å². The van der Waals surface area contributed by atoms with Gasteiger partial charge in [0, 0.05) is 11.4 Å². The molecule has 0 atom stereocenters. The highest BCUT2D eigenvalue weighted by molar-refractivity contribution is 7.80. The van der Waals surface area contributed by atoms with Crippen LogP contribution in [0.15, 0.2) is 42.5 Å². The molecule has 2 rings (SSSR count). The Morgan fingerprint density at radius 1 is 0.800 bits per heavy atom. The molecule has 7 heteroatoms. The predicted octanol–water partition coefficient (Wildman–Crippen LogP) is 2.57. The topological polar surface area (TPSA) is 82.3 Å². The monoisotopic (exact) mass is 356 g/mol. The summed E-state index contributed by atoms with van der Waals surface area (Å²) in [6.45, 7) is 5.85. The first kappa shape index (κ1) is 18.4. The Morgan fingerprint density at radius 2 is 1.44 bits per heavy atom. The first-order valence-electron chi connectivity index (χ1n) is 7.67. The summed E-state index contributed by atoms with van der Waals surface area (Å²) in [5.41, 5.74) is 9.30. The second kappa shape index (κ2) is 8.25. The summed E-state index contributed by atoms with van der Waals surface area (Å²) in [5, 5.41) is 5.66. The molecule has 2 aromatic carbocycles. The number of hydrazine groups is 1. The van der Waals surface area contributed by atoms with E-state index in [1.807, 2.05) is 51.1 Å². The minimum absolute atomic E-state index is 0.185. The van der Waals surface area contributed by atoms with Crippen LogP contribution >= 0.6 is 12.2 Å². The minimum atomic E-state index is -0.842. The third kappa shape index (κ3) is 5.58. The molecule has 130 valence electrons. The van der Waals surface area contributed by atoms with E-state index in [4.69, 9.17) is 12.2 Å². The number of amides is 2. The summed E-state index contributed by atoms with van der Waals surface area (Å²) in [6, 6.07) is 13.0. The smallest absolute Gasteiger partial charge is 0.328 e. The van der Waals surface area contributed by atoms with Crippen molar-refractivity contribution in [3.63, 3.8) is 0 Å². The molecule has 0 spiro atoms. The number of hydrogen-bond acceptors (Lipinski definition) is 3. The van der Waals surface area contributed by atoms with Crippen molar-refractivity contribution in [1.82, 2.24) is 10.9 Å². The van der Waals surface area contributed by atoms with E-state index in [2.05, 4.69) is 21.5 Å². The lowest BCUT2D eigenvalue weighted by molar-refractivity contribution is -0.136. The molecule has 4 N–H and O–H groups in total. The zero-order valence-corrected chi connectivity index (χ0v) is 15.1. The number of aryl methyl sites for hydroxylation is 3. The second-order valence-electron chi connectivity index (χ2n) is 5.67. The van der Waals surface area contributed by atoms with E-state index in [-0.39, 0.29) is 5.11 Å². The van der Waals surface area contributed by atoms with Crippen molar-refractivity contribution >= 4 is 40.5 Å². The number of carbonyl (C=O) groups excluding carboxylic acids is 2. The summed E-state index contributed by atoms with van der Waals surface area (Å²) in [5.74, 6) is -1.63. The molecule has 0 saturated heterocycles. The molecule has 25 heavy (non-hydrogen) atoms. The largest absolute Gasteiger partial charge is 0.331 e. The van der Waals surface area contributed by atoms with Crippen molar-refractivity contribution in [2.75, 3.05) is 10.6 Å². The highest BCUT2D eigenvalue weighted by atomic mass is 32.1. The Balaban J connectivity index is 1.84. The highest BCUT2D eigenvalue weighted by Crippen LogP contribution is 2.15. The maximum absolute atomic E-state index is 11.8. The fraction of sp³-hybridized carbons (Fsp3) is 0.167. The summed E-state index contributed by atoms with van der Waals surface area (Å²) < 4.78 is 0. The van der Waals surface area contributed by atoms with Crippen LogP contribution in [-0.4, -0.2) is 16.9 Å². The van der Waals surface area contributed by atoms with Gasteiger partial charge in [-0.05, 0) is 62.3 Å². The number of carbonyl (C=O) groups is 2. The Morgan fingerprint density at radius 3 is 2.12 bits per heavy atom. The van der Waals surface area contributed by atoms with Crippen LogP contribution < -0.4 is 21.5 Å². The third-order valence-electron chi connectivity index (χ3n) is 3.45. The molecule has 0 heterocycles. The van der Waals surface area contributed by atoms with Crippen molar-refractivity contribution in [3.8, 4) is 0 Å². The molecule has 0 bridgehead atoms. The van der Waals surface area contributed by atoms with E-state index in [9.17, 15) is 9.59 Å². The zero-order valence-electron chi connectivity index (χ0n) is 14.3. The van der Waals surface area contributed by atoms with Crippen molar-refractivity contribution in [2.24, 2.45) is 0 Å². The van der Waals surface area contributed by atoms with Gasteiger partial charge in [-0.15, -0.1) is 0 Å². The maximum atomic E-state index is 11.8. The van der Waals surface area contributed by atoms with Crippen LogP contribution in [0, 0.1) is 20.8 Å². The Kier molecular flexibility index (Phi) is 6.08. The van der Waals surface area contributed by atoms with Crippen molar-refractivity contribution in [3.05, 3.63) is 59.2 Å². The van der Waals surface area contributed by atoms with Crippen molar-refractivity contribution in [2.45, 2.75) is 20.8 Å². The van der Waals surface area contributed by atoms with Gasteiger partial charge in [0.25, 0.3) is 0 Å². The molecule has 0 radical (unpaired) electrons. The highest BCUT2D eigenvalue weighted by Gasteiger charge is 2.14. The number of thiocarbonyl (C=S) groups is 1. The number of rotatable bonds is 2. The Labute approximate surface area is 152 Å². The lowest BCUT2D eigenvalue weighted by Crippen LogP contribution is -2.48. The fourth-order valence-electron chi connectivity index (χ4n) is 2.02. The second-order valence-corrected chi connectivity index (χ2v) is 6.08. The Bertz CT molecular complexity index is 803. The fourth-order valence-corrected chi connectivity index (χ4v) is 2.18. The van der Waals surface area contributed by atoms with Crippen molar-refractivity contribution in [1.29, 1.82) is 0 Å². The van der Waals surface area contributed by atoms with E-state index in [1.165, 1.54) is 0 Å². The quantitative estimate of drug-likeness (QED) is 0.378. The molecule has 6 nitrogen and oxygen atoms in total. The van der Waals surface area contributed by atoms with E-state index in [1.54, 1.807) is 12.1 Å². The maximum Gasteiger partial charge on any atom is 0.328 e. The molecule has 0 aliphatic carbocycles. The van der Waals surface area contributed by atoms with Gasteiger partial charge in [-0.2, -0.15) is 0 Å². The minimum Gasteiger partial charge on any atom is -0.331 e. The van der Waals surface area contributed by atoms with Crippen LogP contribution in [0.25, 0.3) is 0 Å². The van der Waals surface area contributed by atoms with Crippen molar-refractivity contribution < 1.29 is 9.59 Å². The molecule has 0 saturated carbocycles. The van der Waals surface area contributed by atoms with Gasteiger partial charge in [-0.25, -0.2) is 0 Å². The lowest BCUT2D eigenvalue weighted by Gasteiger charge is -2.13. The molecule has 0 aromatic heterocycles. The molecule has 0 fully saturated rings. The molecular formula is C18H20N4O2S. The predicted molar refractivity (Wildman–Crippen MR) is 103 cm³/mol. The van der Waals surface area contributed by atoms with Gasteiger partial charge in [0.15, 0.2) is 5.11 Å². The number of anilines is 2. The van der Waals surface area contributed by atoms with Gasteiger partial charge >= 0.3 is 11.8 Å². The molecule has 0 unspecified atom stereocenters. The van der Waals surface area contributed by atoms with E-state index >= 15 is 0 Å². The van der Waals surface area contributed by atoms with Gasteiger partial charge < -0.3 is 10.6 Å². The van der Waals surface area contributed by atoms with Gasteiger partial charge in [0.1, 0.15) is 0 Å². The molecule has 2 amide bonds. The van der Waals surface area contributed by atoms with Crippen LogP contribution in [0.1, 0.15) is 16.7 Å². The average Bonchev–Trinajstić information content (AvgIpc) is 2.58. The van der Waals surface area contributed by atoms with Crippen LogP contribution in [0.4, 0.5) is 11.4 Å². The third-order valence-corrected chi connectivity index (χ3v) is 3.65. The number of benzene rings is 2. The summed E-state index contributed by atoms with van der Waals surface area (Å²) >= 11 is 5.12. The SMILES string of the molecule is Cc1ccc(NC(=O)C(=O)NNC(=S)Nc2cc(C)ccc2C)cc1. The molecule has 2 aromatic rings. The van der Waals surface area contributed by atoms with Crippen LogP contribution in [0.2, 0.25) is 0 Å². The van der Waals surface area contributed by atoms with E-state index in [0.29, 0.717) is 5.69 Å². The zero-order chi connectivity index (χ0) is 18.4. The Hall–Kier alpha value is -2.93. The summed E-state index contributed by atoms with van der Waals surface area (Å²) in [4.78, 5) is 23.7.